The van der Waals surface area contributed by atoms with Gasteiger partial charge in [-0.2, -0.15) is 5.10 Å². The number of nitrogens with zero attached hydrogens (tertiary/aromatic N) is 1. The van der Waals surface area contributed by atoms with Gasteiger partial charge in [0.1, 0.15) is 15.3 Å². The number of sulfonamides is 1. The quantitative estimate of drug-likeness (QED) is 0.218. The van der Waals surface area contributed by atoms with E-state index in [4.69, 9.17) is 23.2 Å². The summed E-state index contributed by atoms with van der Waals surface area (Å²) in [5.41, 5.74) is 1.15. The second-order valence-corrected chi connectivity index (χ2v) is 10.9. The van der Waals surface area contributed by atoms with Gasteiger partial charge in [0.05, 0.1) is 10.0 Å². The van der Waals surface area contributed by atoms with Crippen LogP contribution in [0.25, 0.3) is 22.0 Å². The third-order valence-corrected chi connectivity index (χ3v) is 8.40. The molecular weight excluding hydrogens is 546 g/mol. The molecule has 1 radical (unpaired) electrons. The van der Waals surface area contributed by atoms with Crippen molar-refractivity contribution in [3.63, 3.8) is 0 Å². The number of benzene rings is 3. The Labute approximate surface area is 218 Å². The fourth-order valence-corrected chi connectivity index (χ4v) is 5.91. The summed E-state index contributed by atoms with van der Waals surface area (Å²) >= 11 is 13.2. The second-order valence-electron chi connectivity index (χ2n) is 7.50. The SMILES string of the molecule is O=C(Nc1n[nH]c2c(F)c(-c3ccc(NS(=O)(=O)c4cccc(Cl)c4Cl)cc3)ccc12)c1[c]ccs1. The fourth-order valence-electron chi connectivity index (χ4n) is 3.52. The van der Waals surface area contributed by atoms with Gasteiger partial charge in [-0.05, 0) is 47.3 Å². The summed E-state index contributed by atoms with van der Waals surface area (Å²) in [5.74, 6) is -0.756. The van der Waals surface area contributed by atoms with E-state index in [0.717, 1.165) is 0 Å². The Morgan fingerprint density at radius 2 is 1.86 bits per heavy atom. The van der Waals surface area contributed by atoms with Crippen LogP contribution >= 0.6 is 34.5 Å². The lowest BCUT2D eigenvalue weighted by Gasteiger charge is -2.11. The number of hydrogen-bond acceptors (Lipinski definition) is 5. The summed E-state index contributed by atoms with van der Waals surface area (Å²) in [6, 6.07) is 18.1. The Morgan fingerprint density at radius 1 is 1.08 bits per heavy atom. The number of anilines is 2. The number of aromatic amines is 1. The Kier molecular flexibility index (Phi) is 6.44. The molecule has 5 rings (SSSR count). The number of amides is 1. The van der Waals surface area contributed by atoms with Gasteiger partial charge in [0.25, 0.3) is 15.9 Å². The molecule has 3 aromatic carbocycles. The number of hydrogen-bond donors (Lipinski definition) is 3. The molecule has 0 unspecified atom stereocenters. The van der Waals surface area contributed by atoms with Gasteiger partial charge in [-0.25, -0.2) is 12.8 Å². The van der Waals surface area contributed by atoms with Crippen molar-refractivity contribution < 1.29 is 17.6 Å². The molecule has 0 aliphatic heterocycles. The minimum absolute atomic E-state index is 0.0812. The summed E-state index contributed by atoms with van der Waals surface area (Å²) < 4.78 is 43.2. The summed E-state index contributed by atoms with van der Waals surface area (Å²) in [6.07, 6.45) is 0. The molecule has 5 aromatic rings. The molecule has 7 nitrogen and oxygen atoms in total. The number of H-pyrrole nitrogens is 1. The maximum atomic E-state index is 15.3. The van der Waals surface area contributed by atoms with E-state index >= 15 is 4.39 Å². The van der Waals surface area contributed by atoms with Crippen molar-refractivity contribution in [3.05, 3.63) is 92.8 Å². The lowest BCUT2D eigenvalue weighted by atomic mass is 10.0. The zero-order chi connectivity index (χ0) is 25.4. The molecule has 181 valence electrons. The topological polar surface area (TPSA) is 104 Å². The van der Waals surface area contributed by atoms with Crippen molar-refractivity contribution in [1.82, 2.24) is 10.2 Å². The first-order valence-corrected chi connectivity index (χ1v) is 13.4. The molecule has 0 atom stereocenters. The highest BCUT2D eigenvalue weighted by Crippen LogP contribution is 2.33. The van der Waals surface area contributed by atoms with Crippen LogP contribution < -0.4 is 10.0 Å². The smallest absolute Gasteiger partial charge is 0.267 e. The highest BCUT2D eigenvalue weighted by molar-refractivity contribution is 7.92. The predicted octanol–water partition coefficient (Wildman–Crippen LogP) is 6.59. The molecule has 2 aromatic heterocycles. The monoisotopic (exact) mass is 559 g/mol. The number of carbonyl (C=O) groups is 1. The van der Waals surface area contributed by atoms with E-state index < -0.39 is 15.8 Å². The van der Waals surface area contributed by atoms with Crippen LogP contribution in [0.5, 0.6) is 0 Å². The van der Waals surface area contributed by atoms with Crippen molar-refractivity contribution in [2.24, 2.45) is 0 Å². The van der Waals surface area contributed by atoms with E-state index in [-0.39, 0.29) is 43.4 Å². The fraction of sp³-hybridized carbons (Fsp3) is 0. The third kappa shape index (κ3) is 4.56. The number of nitrogens with one attached hydrogen (secondary N) is 3. The zero-order valence-electron chi connectivity index (χ0n) is 18.0. The predicted molar refractivity (Wildman–Crippen MR) is 140 cm³/mol. The van der Waals surface area contributed by atoms with Crippen LogP contribution in [0.15, 0.2) is 70.9 Å². The first kappa shape index (κ1) is 24.3. The molecule has 12 heteroatoms. The van der Waals surface area contributed by atoms with Crippen molar-refractivity contribution in [2.45, 2.75) is 4.90 Å². The summed E-state index contributed by atoms with van der Waals surface area (Å²) in [5, 5.41) is 11.5. The Morgan fingerprint density at radius 3 is 2.58 bits per heavy atom. The number of halogens is 3. The molecule has 0 bridgehead atoms. The Balaban J connectivity index is 1.39. The highest BCUT2D eigenvalue weighted by atomic mass is 35.5. The van der Waals surface area contributed by atoms with Crippen LogP contribution in [0.3, 0.4) is 0 Å². The van der Waals surface area contributed by atoms with E-state index in [2.05, 4.69) is 26.3 Å². The van der Waals surface area contributed by atoms with Crippen molar-refractivity contribution in [3.8, 4) is 11.1 Å². The molecule has 0 saturated carbocycles. The van der Waals surface area contributed by atoms with Crippen LogP contribution in [0.4, 0.5) is 15.9 Å². The van der Waals surface area contributed by atoms with Gasteiger partial charge in [0.2, 0.25) is 0 Å². The molecule has 0 spiro atoms. The van der Waals surface area contributed by atoms with Crippen LogP contribution in [-0.4, -0.2) is 24.5 Å². The van der Waals surface area contributed by atoms with E-state index in [1.54, 1.807) is 35.7 Å². The van der Waals surface area contributed by atoms with Gasteiger partial charge >= 0.3 is 0 Å². The van der Waals surface area contributed by atoms with Crippen LogP contribution in [0.1, 0.15) is 9.67 Å². The number of aromatic nitrogens is 2. The van der Waals surface area contributed by atoms with Gasteiger partial charge in [0.15, 0.2) is 11.6 Å². The third-order valence-electron chi connectivity index (χ3n) is 5.24. The van der Waals surface area contributed by atoms with Gasteiger partial charge < -0.3 is 5.32 Å². The van der Waals surface area contributed by atoms with Gasteiger partial charge in [-0.1, -0.05) is 47.5 Å². The van der Waals surface area contributed by atoms with E-state index in [1.807, 2.05) is 0 Å². The maximum absolute atomic E-state index is 15.3. The lowest BCUT2D eigenvalue weighted by molar-refractivity contribution is 0.103. The number of carbonyl (C=O) groups excluding carboxylic acids is 1. The lowest BCUT2D eigenvalue weighted by Crippen LogP contribution is -2.13. The van der Waals surface area contributed by atoms with Crippen molar-refractivity contribution in [1.29, 1.82) is 0 Å². The summed E-state index contributed by atoms with van der Waals surface area (Å²) in [6.45, 7) is 0. The second kappa shape index (κ2) is 9.55. The van der Waals surface area contributed by atoms with E-state index in [9.17, 15) is 13.2 Å². The van der Waals surface area contributed by atoms with Gasteiger partial charge in [0, 0.05) is 22.7 Å². The zero-order valence-corrected chi connectivity index (χ0v) is 21.1. The van der Waals surface area contributed by atoms with Crippen LogP contribution in [0.2, 0.25) is 10.0 Å². The molecule has 0 fully saturated rings. The molecule has 3 N–H and O–H groups in total. The first-order valence-electron chi connectivity index (χ1n) is 10.2. The Hall–Kier alpha value is -3.44. The molecule has 0 aliphatic carbocycles. The number of thiophene rings is 1. The standard InChI is InChI=1S/C24H14Cl2FN4O3S2/c25-17-3-1-5-19(20(17)26)36(33,34)31-14-8-6-13(7-9-14)15-10-11-16-22(21(15)27)29-30-23(16)28-24(32)18-4-2-12-35-18/h1-3,5-12,31H,(H2,28,29,30,32). The number of rotatable bonds is 6. The number of fused-ring (bicyclic) bond motifs is 1. The average molecular weight is 560 g/mol. The molecular formula is C24H14Cl2FN4O3S2. The molecule has 2 heterocycles. The summed E-state index contributed by atoms with van der Waals surface area (Å²) in [4.78, 5) is 12.5. The minimum atomic E-state index is -3.99. The van der Waals surface area contributed by atoms with Crippen LogP contribution in [-0.2, 0) is 10.0 Å². The Bertz CT molecular complexity index is 1700. The minimum Gasteiger partial charge on any atom is -0.304 e. The molecule has 0 saturated heterocycles. The van der Waals surface area contributed by atoms with E-state index in [0.29, 0.717) is 15.8 Å². The first-order chi connectivity index (χ1) is 17.2. The van der Waals surface area contributed by atoms with Gasteiger partial charge in [-0.15, -0.1) is 11.3 Å². The largest absolute Gasteiger partial charge is 0.304 e. The van der Waals surface area contributed by atoms with Gasteiger partial charge in [-0.3, -0.25) is 14.6 Å². The molecule has 0 aliphatic rings. The highest BCUT2D eigenvalue weighted by Gasteiger charge is 2.20. The average Bonchev–Trinajstić information content (AvgIpc) is 3.53. The molecule has 36 heavy (non-hydrogen) atoms. The van der Waals surface area contributed by atoms with Crippen molar-refractivity contribution >= 4 is 72.9 Å². The maximum Gasteiger partial charge on any atom is 0.267 e. The molecule has 1 amide bonds. The van der Waals surface area contributed by atoms with Crippen molar-refractivity contribution in [2.75, 3.05) is 10.0 Å². The van der Waals surface area contributed by atoms with Crippen LogP contribution in [0, 0.1) is 11.9 Å². The van der Waals surface area contributed by atoms with E-state index in [1.165, 1.54) is 41.7 Å². The summed E-state index contributed by atoms with van der Waals surface area (Å²) in [7, 11) is -3.99. The normalized spacial score (nSPS) is 11.5.